The quantitative estimate of drug-likeness (QED) is 0.386. The van der Waals surface area contributed by atoms with Crippen molar-refractivity contribution < 1.29 is 24.6 Å². The molecule has 0 radical (unpaired) electrons. The van der Waals surface area contributed by atoms with Gasteiger partial charge in [0.2, 0.25) is 11.8 Å². The Hall–Kier alpha value is -1.73. The molecule has 2 N–H and O–H groups in total. The van der Waals surface area contributed by atoms with Crippen molar-refractivity contribution in [3.63, 3.8) is 0 Å². The molecule has 0 saturated carbocycles. The molecule has 1 fully saturated rings. The van der Waals surface area contributed by atoms with Crippen molar-refractivity contribution in [3.8, 4) is 0 Å². The minimum atomic E-state index is -0.952. The zero-order valence-electron chi connectivity index (χ0n) is 21.5. The first kappa shape index (κ1) is 28.3. The van der Waals surface area contributed by atoms with Gasteiger partial charge in [-0.1, -0.05) is 68.4 Å². The maximum absolute atomic E-state index is 12.9. The molecule has 7 heteroatoms. The van der Waals surface area contributed by atoms with E-state index in [9.17, 15) is 24.6 Å². The van der Waals surface area contributed by atoms with Crippen molar-refractivity contribution >= 4 is 17.8 Å². The summed E-state index contributed by atoms with van der Waals surface area (Å²) in [5, 5.41) is 21.2. The molecular weight excluding hydrogens is 408 g/mol. The number of β-amino-alcohol motifs (C(OH)–C–C–N with tert-alkyl or cyclic N) is 2. The Morgan fingerprint density at radius 1 is 0.844 bits per heavy atom. The number of hydrogen-bond donors (Lipinski definition) is 2. The third-order valence-electron chi connectivity index (χ3n) is 7.56. The number of amides is 4. The topological polar surface area (TPSA) is 98.2 Å². The number of barbiturate groups is 1. The molecule has 4 amide bonds. The second-order valence-electron chi connectivity index (χ2n) is 12.2. The molecule has 184 valence electrons. The highest BCUT2D eigenvalue weighted by molar-refractivity contribution is 6.14. The fourth-order valence-corrected chi connectivity index (χ4v) is 4.27. The summed E-state index contributed by atoms with van der Waals surface area (Å²) in [6.45, 7) is 22.0. The number of hydrogen-bond acceptors (Lipinski definition) is 5. The second-order valence-corrected chi connectivity index (χ2v) is 12.2. The first-order chi connectivity index (χ1) is 14.3. The van der Waals surface area contributed by atoms with Crippen LogP contribution in [0.2, 0.25) is 0 Å². The number of allylic oxidation sites excluding steroid dienone is 1. The molecule has 0 bridgehead atoms. The van der Waals surface area contributed by atoms with Crippen LogP contribution in [0, 0.1) is 21.7 Å². The van der Waals surface area contributed by atoms with E-state index in [0.29, 0.717) is 12.8 Å². The molecule has 0 aromatic carbocycles. The summed E-state index contributed by atoms with van der Waals surface area (Å²) in [5.74, 6) is -1.24. The molecule has 1 saturated heterocycles. The third-order valence-corrected chi connectivity index (χ3v) is 7.56. The van der Waals surface area contributed by atoms with Crippen LogP contribution in [0.1, 0.15) is 81.6 Å². The molecule has 1 aliphatic heterocycles. The van der Waals surface area contributed by atoms with Gasteiger partial charge in [0.05, 0.1) is 25.3 Å². The zero-order chi connectivity index (χ0) is 25.3. The summed E-state index contributed by atoms with van der Waals surface area (Å²) in [5.41, 5.74) is -0.966. The largest absolute Gasteiger partial charge is 0.391 e. The van der Waals surface area contributed by atoms with E-state index < -0.39 is 36.5 Å². The van der Waals surface area contributed by atoms with Crippen LogP contribution in [0.4, 0.5) is 4.79 Å². The van der Waals surface area contributed by atoms with Crippen molar-refractivity contribution in [2.75, 3.05) is 13.1 Å². The maximum atomic E-state index is 12.9. The van der Waals surface area contributed by atoms with Crippen LogP contribution in [-0.4, -0.2) is 63.2 Å². The fourth-order valence-electron chi connectivity index (χ4n) is 4.27. The first-order valence-corrected chi connectivity index (χ1v) is 11.4. The lowest BCUT2D eigenvalue weighted by Crippen LogP contribution is -2.58. The average Bonchev–Trinajstić information content (AvgIpc) is 2.60. The minimum absolute atomic E-state index is 0.166. The maximum Gasteiger partial charge on any atom is 0.333 e. The summed E-state index contributed by atoms with van der Waals surface area (Å²) in [7, 11) is 0. The Morgan fingerprint density at radius 3 is 1.62 bits per heavy atom. The lowest BCUT2D eigenvalue weighted by atomic mass is 9.53. The molecule has 32 heavy (non-hydrogen) atoms. The van der Waals surface area contributed by atoms with Crippen molar-refractivity contribution in [2.45, 2.75) is 93.8 Å². The number of nitrogens with zero attached hydrogens (tertiary/aromatic N) is 2. The Morgan fingerprint density at radius 2 is 1.25 bits per heavy atom. The molecule has 1 heterocycles. The number of aliphatic hydroxyl groups is 2. The van der Waals surface area contributed by atoms with Gasteiger partial charge in [-0.15, -0.1) is 6.58 Å². The van der Waals surface area contributed by atoms with Gasteiger partial charge in [-0.3, -0.25) is 19.4 Å². The van der Waals surface area contributed by atoms with Crippen LogP contribution in [-0.2, 0) is 9.59 Å². The zero-order valence-corrected chi connectivity index (χ0v) is 21.5. The highest BCUT2D eigenvalue weighted by atomic mass is 16.3. The summed E-state index contributed by atoms with van der Waals surface area (Å²) >= 11 is 0. The number of carbonyl (C=O) groups is 3. The van der Waals surface area contributed by atoms with Gasteiger partial charge in [0.15, 0.2) is 0 Å². The molecule has 2 unspecified atom stereocenters. The molecule has 2 atom stereocenters. The third kappa shape index (κ3) is 6.41. The van der Waals surface area contributed by atoms with Crippen molar-refractivity contribution in [3.05, 3.63) is 12.7 Å². The summed E-state index contributed by atoms with van der Waals surface area (Å²) < 4.78 is 0. The second kappa shape index (κ2) is 9.64. The fraction of sp³-hybridized carbons (Fsp3) is 0.800. The number of imide groups is 2. The number of aliphatic hydroxyl groups excluding tert-OH is 2. The van der Waals surface area contributed by atoms with Gasteiger partial charge in [0, 0.05) is 0 Å². The average molecular weight is 453 g/mol. The Bertz CT molecular complexity index is 733. The summed E-state index contributed by atoms with van der Waals surface area (Å²) in [4.78, 5) is 39.6. The van der Waals surface area contributed by atoms with Crippen molar-refractivity contribution in [2.24, 2.45) is 21.7 Å². The van der Waals surface area contributed by atoms with Gasteiger partial charge in [0.1, 0.15) is 6.42 Å². The monoisotopic (exact) mass is 452 g/mol. The van der Waals surface area contributed by atoms with Crippen LogP contribution < -0.4 is 0 Å². The van der Waals surface area contributed by atoms with Gasteiger partial charge in [0.25, 0.3) is 0 Å². The van der Waals surface area contributed by atoms with Gasteiger partial charge in [-0.05, 0) is 34.5 Å². The molecule has 0 spiro atoms. The number of urea groups is 1. The van der Waals surface area contributed by atoms with Gasteiger partial charge >= 0.3 is 6.03 Å². The highest BCUT2D eigenvalue weighted by Crippen LogP contribution is 2.54. The van der Waals surface area contributed by atoms with Crippen LogP contribution in [0.25, 0.3) is 0 Å². The van der Waals surface area contributed by atoms with Crippen LogP contribution in [0.15, 0.2) is 12.7 Å². The van der Waals surface area contributed by atoms with Crippen molar-refractivity contribution in [1.82, 2.24) is 9.80 Å². The molecule has 1 rings (SSSR count). The van der Waals surface area contributed by atoms with Gasteiger partial charge < -0.3 is 10.2 Å². The number of rotatable bonds is 10. The van der Waals surface area contributed by atoms with E-state index in [1.807, 2.05) is 26.8 Å². The van der Waals surface area contributed by atoms with E-state index in [1.165, 1.54) is 0 Å². The normalized spacial score (nSPS) is 18.8. The number of carbonyl (C=O) groups excluding carboxylic acids is 3. The molecule has 0 aliphatic carbocycles. The summed E-state index contributed by atoms with van der Waals surface area (Å²) in [6.07, 6.45) is 0.387. The molecular formula is C25H44N2O5. The standard InChI is InChI=1S/C25H44N2O5/c1-11-23(5,6)25(9,10)24(7,8)14-18(29)16-27-20(31)12-19(30)26(21(27)32)15-17(28)13-22(2,3)4/h11,17-18,28-29H,1,12-16H2,2-10H3. The van der Waals surface area contributed by atoms with E-state index in [2.05, 4.69) is 48.1 Å². The SMILES string of the molecule is C=CC(C)(C)C(C)(C)C(C)(C)CC(O)CN1C(=O)CC(=O)N(CC(O)CC(C)(C)C)C1=O. The molecule has 0 aromatic rings. The van der Waals surface area contributed by atoms with E-state index in [4.69, 9.17) is 0 Å². The van der Waals surface area contributed by atoms with E-state index in [1.54, 1.807) is 0 Å². The first-order valence-electron chi connectivity index (χ1n) is 11.4. The smallest absolute Gasteiger partial charge is 0.333 e. The van der Waals surface area contributed by atoms with Crippen LogP contribution in [0.3, 0.4) is 0 Å². The Kier molecular flexibility index (Phi) is 8.52. The van der Waals surface area contributed by atoms with Gasteiger partial charge in [-0.25, -0.2) is 4.79 Å². The Balaban J connectivity index is 2.95. The minimum Gasteiger partial charge on any atom is -0.391 e. The van der Waals surface area contributed by atoms with Crippen molar-refractivity contribution in [1.29, 1.82) is 0 Å². The predicted molar refractivity (Wildman–Crippen MR) is 126 cm³/mol. The molecule has 0 aromatic heterocycles. The van der Waals surface area contributed by atoms with E-state index in [0.717, 1.165) is 9.80 Å². The lowest BCUT2D eigenvalue weighted by Gasteiger charge is -2.52. The summed E-state index contributed by atoms with van der Waals surface area (Å²) in [6, 6.07) is -0.776. The highest BCUT2D eigenvalue weighted by Gasteiger charge is 2.48. The predicted octanol–water partition coefficient (Wildman–Crippen LogP) is 3.98. The van der Waals surface area contributed by atoms with Gasteiger partial charge in [-0.2, -0.15) is 0 Å². The molecule has 7 nitrogen and oxygen atoms in total. The van der Waals surface area contributed by atoms with E-state index >= 15 is 0 Å². The Labute approximate surface area is 193 Å². The molecule has 1 aliphatic rings. The van der Waals surface area contributed by atoms with Crippen LogP contribution in [0.5, 0.6) is 0 Å². The van der Waals surface area contributed by atoms with E-state index in [-0.39, 0.29) is 34.7 Å². The van der Waals surface area contributed by atoms with Crippen LogP contribution >= 0.6 is 0 Å². The lowest BCUT2D eigenvalue weighted by molar-refractivity contribution is -0.144.